The molecule has 4 nitrogen and oxygen atoms in total. The third-order valence-corrected chi connectivity index (χ3v) is 3.11. The van der Waals surface area contributed by atoms with Gasteiger partial charge in [-0.2, -0.15) is 0 Å². The number of ether oxygens (including phenoxy) is 1. The zero-order valence-electron chi connectivity index (χ0n) is 12.8. The van der Waals surface area contributed by atoms with Gasteiger partial charge in [0.1, 0.15) is 6.04 Å². The standard InChI is InChI=1S/C15H24N2O2.ClH/c1-15(2,3)11-6-8-12(9-7-11)17(4)14(18)13(16)10-19-5;/h6-9,13H,10,16H2,1-5H3;1H. The Balaban J connectivity index is 0.00000361. The molecule has 0 aliphatic heterocycles. The second kappa shape index (κ2) is 7.62. The molecule has 1 rings (SSSR count). The van der Waals surface area contributed by atoms with Crippen molar-refractivity contribution in [3.63, 3.8) is 0 Å². The van der Waals surface area contributed by atoms with Crippen LogP contribution in [-0.4, -0.2) is 32.7 Å². The molecule has 0 radical (unpaired) electrons. The summed E-state index contributed by atoms with van der Waals surface area (Å²) in [7, 11) is 3.26. The summed E-state index contributed by atoms with van der Waals surface area (Å²) in [6.45, 7) is 6.70. The third-order valence-electron chi connectivity index (χ3n) is 3.11. The van der Waals surface area contributed by atoms with Crippen molar-refractivity contribution in [2.75, 3.05) is 25.7 Å². The Morgan fingerprint density at radius 1 is 1.30 bits per heavy atom. The largest absolute Gasteiger partial charge is 0.383 e. The van der Waals surface area contributed by atoms with Crippen molar-refractivity contribution in [2.45, 2.75) is 32.2 Å². The molecule has 1 aromatic carbocycles. The van der Waals surface area contributed by atoms with Gasteiger partial charge in [0.25, 0.3) is 0 Å². The number of amides is 1. The minimum Gasteiger partial charge on any atom is -0.383 e. The summed E-state index contributed by atoms with van der Waals surface area (Å²) in [5.74, 6) is -0.148. The van der Waals surface area contributed by atoms with Gasteiger partial charge in [0, 0.05) is 19.8 Å². The van der Waals surface area contributed by atoms with Gasteiger partial charge in [-0.3, -0.25) is 4.79 Å². The van der Waals surface area contributed by atoms with E-state index in [1.807, 2.05) is 24.3 Å². The maximum absolute atomic E-state index is 12.0. The number of nitrogens with two attached hydrogens (primary N) is 1. The van der Waals surface area contributed by atoms with Crippen LogP contribution in [0.25, 0.3) is 0 Å². The molecule has 0 saturated heterocycles. The van der Waals surface area contributed by atoms with E-state index in [1.165, 1.54) is 12.7 Å². The van der Waals surface area contributed by atoms with Gasteiger partial charge in [-0.25, -0.2) is 0 Å². The predicted octanol–water partition coefficient (Wildman–Crippen LogP) is 2.34. The van der Waals surface area contributed by atoms with Crippen molar-refractivity contribution in [3.05, 3.63) is 29.8 Å². The van der Waals surface area contributed by atoms with Crippen molar-refractivity contribution >= 4 is 24.0 Å². The SMILES string of the molecule is COCC(N)C(=O)N(C)c1ccc(C(C)(C)C)cc1.Cl. The van der Waals surface area contributed by atoms with Gasteiger partial charge in [-0.1, -0.05) is 32.9 Å². The molecule has 0 aromatic heterocycles. The number of methoxy groups -OCH3 is 1. The van der Waals surface area contributed by atoms with Gasteiger partial charge in [0.15, 0.2) is 0 Å². The smallest absolute Gasteiger partial charge is 0.246 e. The zero-order valence-corrected chi connectivity index (χ0v) is 13.7. The first-order valence-electron chi connectivity index (χ1n) is 6.40. The van der Waals surface area contributed by atoms with Crippen LogP contribution in [0.15, 0.2) is 24.3 Å². The Hall–Kier alpha value is -1.10. The summed E-state index contributed by atoms with van der Waals surface area (Å²) in [4.78, 5) is 13.6. The van der Waals surface area contributed by atoms with E-state index < -0.39 is 6.04 Å². The Kier molecular flexibility index (Phi) is 7.20. The van der Waals surface area contributed by atoms with E-state index in [4.69, 9.17) is 10.5 Å². The van der Waals surface area contributed by atoms with Crippen molar-refractivity contribution in [1.82, 2.24) is 0 Å². The Bertz CT molecular complexity index is 426. The van der Waals surface area contributed by atoms with Crippen LogP contribution in [0.4, 0.5) is 5.69 Å². The van der Waals surface area contributed by atoms with Crippen LogP contribution in [-0.2, 0) is 14.9 Å². The second-order valence-corrected chi connectivity index (χ2v) is 5.76. The lowest BCUT2D eigenvalue weighted by atomic mass is 9.87. The quantitative estimate of drug-likeness (QED) is 0.928. The lowest BCUT2D eigenvalue weighted by Gasteiger charge is -2.23. The number of anilines is 1. The van der Waals surface area contributed by atoms with Crippen molar-refractivity contribution in [1.29, 1.82) is 0 Å². The average molecular weight is 301 g/mol. The van der Waals surface area contributed by atoms with Crippen LogP contribution in [0.2, 0.25) is 0 Å². The minimum atomic E-state index is -0.628. The molecule has 20 heavy (non-hydrogen) atoms. The Morgan fingerprint density at radius 2 is 1.80 bits per heavy atom. The summed E-state index contributed by atoms with van der Waals surface area (Å²) >= 11 is 0. The van der Waals surface area contributed by atoms with Crippen LogP contribution < -0.4 is 10.6 Å². The molecule has 1 atom stereocenters. The molecule has 5 heteroatoms. The monoisotopic (exact) mass is 300 g/mol. The van der Waals surface area contributed by atoms with E-state index in [1.54, 1.807) is 11.9 Å². The van der Waals surface area contributed by atoms with Crippen LogP contribution in [0.5, 0.6) is 0 Å². The molecular weight excluding hydrogens is 276 g/mol. The summed E-state index contributed by atoms with van der Waals surface area (Å²) in [5.41, 5.74) is 7.93. The fraction of sp³-hybridized carbons (Fsp3) is 0.533. The predicted molar refractivity (Wildman–Crippen MR) is 85.7 cm³/mol. The molecule has 0 aliphatic carbocycles. The van der Waals surface area contributed by atoms with E-state index in [9.17, 15) is 4.79 Å². The van der Waals surface area contributed by atoms with Gasteiger partial charge in [-0.15, -0.1) is 12.4 Å². The Morgan fingerprint density at radius 3 is 2.20 bits per heavy atom. The first kappa shape index (κ1) is 18.9. The average Bonchev–Trinajstić information content (AvgIpc) is 2.36. The van der Waals surface area contributed by atoms with Crippen molar-refractivity contribution in [3.8, 4) is 0 Å². The summed E-state index contributed by atoms with van der Waals surface area (Å²) < 4.78 is 4.90. The highest BCUT2D eigenvalue weighted by atomic mass is 35.5. The first-order valence-corrected chi connectivity index (χ1v) is 6.40. The lowest BCUT2D eigenvalue weighted by molar-refractivity contribution is -0.120. The number of nitrogens with zero attached hydrogens (tertiary/aromatic N) is 1. The number of hydrogen-bond acceptors (Lipinski definition) is 3. The highest BCUT2D eigenvalue weighted by molar-refractivity contribution is 5.96. The van der Waals surface area contributed by atoms with E-state index >= 15 is 0 Å². The molecule has 2 N–H and O–H groups in total. The molecule has 1 amide bonds. The van der Waals surface area contributed by atoms with Crippen LogP contribution >= 0.6 is 12.4 Å². The zero-order chi connectivity index (χ0) is 14.6. The Labute approximate surface area is 127 Å². The van der Waals surface area contributed by atoms with Gasteiger partial charge in [0.2, 0.25) is 5.91 Å². The van der Waals surface area contributed by atoms with Gasteiger partial charge in [0.05, 0.1) is 6.61 Å². The number of carbonyl (C=O) groups is 1. The maximum Gasteiger partial charge on any atom is 0.246 e. The molecule has 0 aliphatic rings. The molecule has 1 unspecified atom stereocenters. The first-order chi connectivity index (χ1) is 8.77. The van der Waals surface area contributed by atoms with Crippen LogP contribution in [0.3, 0.4) is 0 Å². The number of hydrogen-bond donors (Lipinski definition) is 1. The molecule has 0 fully saturated rings. The fourth-order valence-corrected chi connectivity index (χ4v) is 1.81. The maximum atomic E-state index is 12.0. The number of rotatable bonds is 4. The number of likely N-dealkylation sites (N-methyl/N-ethyl adjacent to an activating group) is 1. The van der Waals surface area contributed by atoms with Gasteiger partial charge in [-0.05, 0) is 23.1 Å². The molecule has 0 spiro atoms. The molecule has 0 saturated carbocycles. The summed E-state index contributed by atoms with van der Waals surface area (Å²) in [6, 6.07) is 7.34. The lowest BCUT2D eigenvalue weighted by Crippen LogP contribution is -2.44. The molecule has 114 valence electrons. The van der Waals surface area contributed by atoms with Crippen LogP contribution in [0.1, 0.15) is 26.3 Å². The van der Waals surface area contributed by atoms with E-state index in [2.05, 4.69) is 20.8 Å². The molecular formula is C15H25ClN2O2. The topological polar surface area (TPSA) is 55.6 Å². The fourth-order valence-electron chi connectivity index (χ4n) is 1.81. The highest BCUT2D eigenvalue weighted by Crippen LogP contribution is 2.24. The normalized spacial score (nSPS) is 12.5. The van der Waals surface area contributed by atoms with Crippen LogP contribution in [0, 0.1) is 0 Å². The van der Waals surface area contributed by atoms with Crippen molar-refractivity contribution in [2.24, 2.45) is 5.73 Å². The molecule has 1 aromatic rings. The van der Waals surface area contributed by atoms with E-state index in [0.29, 0.717) is 0 Å². The highest BCUT2D eigenvalue weighted by Gasteiger charge is 2.20. The van der Waals surface area contributed by atoms with E-state index in [0.717, 1.165) is 5.69 Å². The number of benzene rings is 1. The molecule has 0 heterocycles. The van der Waals surface area contributed by atoms with E-state index in [-0.39, 0.29) is 30.3 Å². The van der Waals surface area contributed by atoms with Gasteiger partial charge >= 0.3 is 0 Å². The number of halogens is 1. The molecule has 0 bridgehead atoms. The summed E-state index contributed by atoms with van der Waals surface area (Å²) in [5, 5.41) is 0. The summed E-state index contributed by atoms with van der Waals surface area (Å²) in [6.07, 6.45) is 0. The number of carbonyl (C=O) groups excluding carboxylic acids is 1. The van der Waals surface area contributed by atoms with Crippen molar-refractivity contribution < 1.29 is 9.53 Å². The second-order valence-electron chi connectivity index (χ2n) is 5.76. The third kappa shape index (κ3) is 4.78. The van der Waals surface area contributed by atoms with Gasteiger partial charge < -0.3 is 15.4 Å². The minimum absolute atomic E-state index is 0.